The molecule has 1 amide bonds. The molecule has 1 fully saturated rings. The number of nitrogens with one attached hydrogen (secondary N) is 1. The quantitative estimate of drug-likeness (QED) is 0.902. The molecule has 1 unspecified atom stereocenters. The first-order chi connectivity index (χ1) is 9.60. The average molecular weight is 292 g/mol. The van der Waals surface area contributed by atoms with E-state index in [9.17, 15) is 9.59 Å². The van der Waals surface area contributed by atoms with Crippen molar-refractivity contribution in [3.63, 3.8) is 0 Å². The van der Waals surface area contributed by atoms with E-state index in [2.05, 4.69) is 11.4 Å². The smallest absolute Gasteiger partial charge is 0.227 e. The summed E-state index contributed by atoms with van der Waals surface area (Å²) in [5.41, 5.74) is 2.12. The highest BCUT2D eigenvalue weighted by Gasteiger charge is 2.30. The summed E-state index contributed by atoms with van der Waals surface area (Å²) in [6.07, 6.45) is 0.538. The Kier molecular flexibility index (Phi) is 5.20. The second kappa shape index (κ2) is 6.90. The van der Waals surface area contributed by atoms with Gasteiger partial charge in [-0.3, -0.25) is 9.59 Å². The van der Waals surface area contributed by atoms with Crippen LogP contribution in [0.25, 0.3) is 0 Å². The number of rotatable bonds is 5. The van der Waals surface area contributed by atoms with E-state index in [1.54, 1.807) is 6.92 Å². The van der Waals surface area contributed by atoms with Gasteiger partial charge >= 0.3 is 0 Å². The number of hydrogen-bond acceptors (Lipinski definition) is 4. The first-order valence-corrected chi connectivity index (χ1v) is 7.76. The van der Waals surface area contributed by atoms with E-state index in [4.69, 9.17) is 0 Å². The van der Waals surface area contributed by atoms with E-state index in [0.717, 1.165) is 18.0 Å². The maximum atomic E-state index is 12.1. The van der Waals surface area contributed by atoms with Gasteiger partial charge in [-0.15, -0.1) is 0 Å². The van der Waals surface area contributed by atoms with E-state index in [1.807, 2.05) is 30.1 Å². The van der Waals surface area contributed by atoms with Crippen molar-refractivity contribution in [1.82, 2.24) is 5.32 Å². The number of amides is 1. The Hall–Kier alpha value is -1.33. The molecule has 0 radical (unpaired) electrons. The fraction of sp³-hybridized carbons (Fsp3) is 0.467. The zero-order chi connectivity index (χ0) is 14.5. The Morgan fingerprint density at radius 3 is 3.00 bits per heavy atom. The van der Waals surface area contributed by atoms with Crippen LogP contribution in [0.15, 0.2) is 24.3 Å². The molecule has 0 aromatic heterocycles. The zero-order valence-electron chi connectivity index (χ0n) is 11.9. The van der Waals surface area contributed by atoms with Gasteiger partial charge in [0.1, 0.15) is 0 Å². The number of carbonyl (C=O) groups excluding carboxylic acids is 2. The highest BCUT2D eigenvalue weighted by molar-refractivity contribution is 8.13. The molecule has 0 aliphatic carbocycles. The molecule has 0 bridgehead atoms. The van der Waals surface area contributed by atoms with E-state index < -0.39 is 0 Å². The Labute approximate surface area is 123 Å². The molecule has 0 saturated carbocycles. The normalized spacial score (nSPS) is 18.6. The molecule has 1 aliphatic heterocycles. The Bertz CT molecular complexity index is 504. The first-order valence-electron chi connectivity index (χ1n) is 6.77. The molecule has 20 heavy (non-hydrogen) atoms. The van der Waals surface area contributed by atoms with Crippen molar-refractivity contribution in [2.24, 2.45) is 5.92 Å². The molecular formula is C15H20N2O2S. The molecule has 4 nitrogen and oxygen atoms in total. The van der Waals surface area contributed by atoms with Gasteiger partial charge in [0.25, 0.3) is 0 Å². The largest absolute Gasteiger partial charge is 0.316 e. The maximum Gasteiger partial charge on any atom is 0.227 e. The van der Waals surface area contributed by atoms with Crippen molar-refractivity contribution < 1.29 is 9.59 Å². The van der Waals surface area contributed by atoms with Crippen LogP contribution in [0.4, 0.5) is 5.69 Å². The number of nitrogens with zero attached hydrogens (tertiary/aromatic N) is 1. The lowest BCUT2D eigenvalue weighted by Gasteiger charge is -2.17. The highest BCUT2D eigenvalue weighted by atomic mass is 32.2. The van der Waals surface area contributed by atoms with Crippen LogP contribution in [-0.4, -0.2) is 30.4 Å². The Balaban J connectivity index is 2.03. The fourth-order valence-corrected chi connectivity index (χ4v) is 3.11. The minimum absolute atomic E-state index is 0.118. The van der Waals surface area contributed by atoms with Gasteiger partial charge in [0.15, 0.2) is 5.12 Å². The minimum atomic E-state index is 0.118. The van der Waals surface area contributed by atoms with Crippen molar-refractivity contribution in [2.45, 2.75) is 19.9 Å². The highest BCUT2D eigenvalue weighted by Crippen LogP contribution is 2.27. The topological polar surface area (TPSA) is 49.4 Å². The number of anilines is 1. The summed E-state index contributed by atoms with van der Waals surface area (Å²) in [6.45, 7) is 3.07. The summed E-state index contributed by atoms with van der Waals surface area (Å²) in [5.74, 6) is 1.15. The summed E-state index contributed by atoms with van der Waals surface area (Å²) in [7, 11) is 1.91. The molecule has 1 N–H and O–H groups in total. The lowest BCUT2D eigenvalue weighted by Crippen LogP contribution is -2.25. The van der Waals surface area contributed by atoms with Crippen LogP contribution in [0, 0.1) is 5.92 Å². The molecular weight excluding hydrogens is 272 g/mol. The monoisotopic (exact) mass is 292 g/mol. The lowest BCUT2D eigenvalue weighted by atomic mass is 10.1. The van der Waals surface area contributed by atoms with Crippen LogP contribution in [0.5, 0.6) is 0 Å². The van der Waals surface area contributed by atoms with Crippen LogP contribution in [0.2, 0.25) is 0 Å². The number of hydrogen-bond donors (Lipinski definition) is 1. The molecule has 0 spiro atoms. The van der Waals surface area contributed by atoms with Crippen molar-refractivity contribution in [2.75, 3.05) is 24.2 Å². The predicted molar refractivity (Wildman–Crippen MR) is 82.8 cm³/mol. The van der Waals surface area contributed by atoms with Gasteiger partial charge in [-0.25, -0.2) is 0 Å². The molecule has 1 aliphatic rings. The molecule has 1 atom stereocenters. The van der Waals surface area contributed by atoms with Gasteiger partial charge in [0.2, 0.25) is 5.91 Å². The van der Waals surface area contributed by atoms with Gasteiger partial charge in [0, 0.05) is 37.9 Å². The van der Waals surface area contributed by atoms with Gasteiger partial charge in [-0.05, 0) is 30.7 Å². The van der Waals surface area contributed by atoms with Gasteiger partial charge < -0.3 is 10.2 Å². The van der Waals surface area contributed by atoms with E-state index in [0.29, 0.717) is 13.0 Å². The number of benzene rings is 1. The van der Waals surface area contributed by atoms with Crippen LogP contribution >= 0.6 is 11.8 Å². The molecule has 108 valence electrons. The lowest BCUT2D eigenvalue weighted by molar-refractivity contribution is -0.117. The summed E-state index contributed by atoms with van der Waals surface area (Å²) >= 11 is 1.31. The molecule has 1 aromatic rings. The summed E-state index contributed by atoms with van der Waals surface area (Å²) in [5, 5.41) is 3.23. The van der Waals surface area contributed by atoms with Crippen molar-refractivity contribution in [3.8, 4) is 0 Å². The van der Waals surface area contributed by atoms with E-state index >= 15 is 0 Å². The standard InChI is InChI=1S/C15H20N2O2S/c1-11(18)20-10-13-7-15(19)17(9-13)14-5-3-4-12(6-14)8-16-2/h3-6,13,16H,7-10H2,1-2H3. The van der Waals surface area contributed by atoms with Crippen molar-refractivity contribution >= 4 is 28.5 Å². The molecule has 2 rings (SSSR count). The summed E-state index contributed by atoms with van der Waals surface area (Å²) in [6, 6.07) is 8.04. The summed E-state index contributed by atoms with van der Waals surface area (Å²) < 4.78 is 0. The first kappa shape index (κ1) is 15.1. The van der Waals surface area contributed by atoms with Gasteiger partial charge in [0.05, 0.1) is 0 Å². The van der Waals surface area contributed by atoms with Crippen LogP contribution in [0.3, 0.4) is 0 Å². The third-order valence-corrected chi connectivity index (χ3v) is 4.38. The maximum absolute atomic E-state index is 12.1. The summed E-state index contributed by atoms with van der Waals surface area (Å²) in [4.78, 5) is 25.0. The second-order valence-corrected chi connectivity index (χ2v) is 6.27. The second-order valence-electron chi connectivity index (χ2n) is 5.08. The predicted octanol–water partition coefficient (Wildman–Crippen LogP) is 2.04. The average Bonchev–Trinajstić information content (AvgIpc) is 2.78. The molecule has 5 heteroatoms. The van der Waals surface area contributed by atoms with Crippen molar-refractivity contribution in [1.29, 1.82) is 0 Å². The molecule has 1 saturated heterocycles. The van der Waals surface area contributed by atoms with Gasteiger partial charge in [-0.2, -0.15) is 0 Å². The third-order valence-electron chi connectivity index (χ3n) is 3.33. The minimum Gasteiger partial charge on any atom is -0.316 e. The van der Waals surface area contributed by atoms with Gasteiger partial charge in [-0.1, -0.05) is 23.9 Å². The fourth-order valence-electron chi connectivity index (χ4n) is 2.42. The Morgan fingerprint density at radius 2 is 2.30 bits per heavy atom. The third kappa shape index (κ3) is 3.84. The van der Waals surface area contributed by atoms with Crippen LogP contribution in [0.1, 0.15) is 18.9 Å². The molecule has 1 heterocycles. The van der Waals surface area contributed by atoms with E-state index in [-0.39, 0.29) is 16.9 Å². The van der Waals surface area contributed by atoms with E-state index in [1.165, 1.54) is 17.3 Å². The van der Waals surface area contributed by atoms with Crippen LogP contribution < -0.4 is 10.2 Å². The number of carbonyl (C=O) groups is 2. The molecule has 1 aromatic carbocycles. The van der Waals surface area contributed by atoms with Crippen molar-refractivity contribution in [3.05, 3.63) is 29.8 Å². The number of thioether (sulfide) groups is 1. The zero-order valence-corrected chi connectivity index (χ0v) is 12.7. The Morgan fingerprint density at radius 1 is 1.50 bits per heavy atom. The van der Waals surface area contributed by atoms with Crippen LogP contribution in [-0.2, 0) is 16.1 Å². The SMILES string of the molecule is CNCc1cccc(N2CC(CSC(C)=O)CC2=O)c1.